The number of carbonyl (C=O) groups is 2. The number of benzene rings is 2. The molecule has 1 aromatic heterocycles. The molecule has 0 bridgehead atoms. The number of ether oxygens (including phenoxy) is 1. The largest absolute Gasteiger partial charge is 0.465 e. The number of esters is 1. The highest BCUT2D eigenvalue weighted by Gasteiger charge is 2.14. The first-order valence-corrected chi connectivity index (χ1v) is 8.01. The van der Waals surface area contributed by atoms with Crippen LogP contribution in [-0.4, -0.2) is 34.0 Å². The molecule has 0 spiro atoms. The molecule has 0 aliphatic heterocycles. The minimum absolute atomic E-state index is 0.220. The summed E-state index contributed by atoms with van der Waals surface area (Å²) in [6.07, 6.45) is 1.60. The molecule has 3 rings (SSSR count). The van der Waals surface area contributed by atoms with Gasteiger partial charge in [0.15, 0.2) is 5.69 Å². The maximum absolute atomic E-state index is 12.4. The quantitative estimate of drug-likeness (QED) is 0.715. The third-order valence-electron chi connectivity index (χ3n) is 3.85. The van der Waals surface area contributed by atoms with Crippen molar-refractivity contribution in [2.45, 2.75) is 13.5 Å². The molecule has 7 heteroatoms. The number of aryl methyl sites for hydroxylation is 1. The summed E-state index contributed by atoms with van der Waals surface area (Å²) in [6, 6.07) is 14.7. The van der Waals surface area contributed by atoms with Gasteiger partial charge in [-0.15, -0.1) is 5.10 Å². The van der Waals surface area contributed by atoms with Crippen LogP contribution in [-0.2, 0) is 11.3 Å². The number of nitrogens with zero attached hydrogens (tertiary/aromatic N) is 3. The highest BCUT2D eigenvalue weighted by Crippen LogP contribution is 2.18. The van der Waals surface area contributed by atoms with Gasteiger partial charge in [-0.05, 0) is 36.2 Å². The lowest BCUT2D eigenvalue weighted by atomic mass is 10.1. The van der Waals surface area contributed by atoms with Crippen molar-refractivity contribution in [2.24, 2.45) is 0 Å². The summed E-state index contributed by atoms with van der Waals surface area (Å²) in [5.41, 5.74) is 3.06. The predicted octanol–water partition coefficient (Wildman–Crippen LogP) is 2.67. The van der Waals surface area contributed by atoms with Gasteiger partial charge in [0, 0.05) is 5.69 Å². The van der Waals surface area contributed by atoms with E-state index >= 15 is 0 Å². The SMILES string of the molecule is COC(=O)c1ccc(NC(=O)c2cn(Cc3ccccc3)nn2)c(C)c1. The number of amides is 1. The van der Waals surface area contributed by atoms with Gasteiger partial charge in [0.05, 0.1) is 25.4 Å². The van der Waals surface area contributed by atoms with Crippen molar-refractivity contribution in [3.05, 3.63) is 77.1 Å². The summed E-state index contributed by atoms with van der Waals surface area (Å²) >= 11 is 0. The molecule has 1 N–H and O–H groups in total. The van der Waals surface area contributed by atoms with E-state index in [0.717, 1.165) is 11.1 Å². The zero-order valence-corrected chi connectivity index (χ0v) is 14.5. The normalized spacial score (nSPS) is 10.4. The van der Waals surface area contributed by atoms with Crippen molar-refractivity contribution in [3.63, 3.8) is 0 Å². The first-order chi connectivity index (χ1) is 12.6. The smallest absolute Gasteiger partial charge is 0.337 e. The van der Waals surface area contributed by atoms with Crippen molar-refractivity contribution in [2.75, 3.05) is 12.4 Å². The number of hydrogen-bond donors (Lipinski definition) is 1. The second-order valence-corrected chi connectivity index (χ2v) is 5.76. The van der Waals surface area contributed by atoms with Crippen LogP contribution in [0, 0.1) is 6.92 Å². The van der Waals surface area contributed by atoms with Gasteiger partial charge >= 0.3 is 5.97 Å². The Balaban J connectivity index is 1.70. The minimum atomic E-state index is -0.421. The first-order valence-electron chi connectivity index (χ1n) is 8.01. The third-order valence-corrected chi connectivity index (χ3v) is 3.85. The average Bonchev–Trinajstić information content (AvgIpc) is 3.12. The van der Waals surface area contributed by atoms with E-state index in [2.05, 4.69) is 20.4 Å². The summed E-state index contributed by atoms with van der Waals surface area (Å²) in [5, 5.41) is 10.7. The molecule has 3 aromatic rings. The maximum Gasteiger partial charge on any atom is 0.337 e. The van der Waals surface area contributed by atoms with Gasteiger partial charge < -0.3 is 10.1 Å². The van der Waals surface area contributed by atoms with Gasteiger partial charge in [-0.1, -0.05) is 35.5 Å². The lowest BCUT2D eigenvalue weighted by Gasteiger charge is -2.08. The fourth-order valence-electron chi connectivity index (χ4n) is 2.49. The van der Waals surface area contributed by atoms with Crippen LogP contribution in [0.4, 0.5) is 5.69 Å². The lowest BCUT2D eigenvalue weighted by molar-refractivity contribution is 0.0600. The molecular weight excluding hydrogens is 332 g/mol. The number of rotatable bonds is 5. The van der Waals surface area contributed by atoms with Crippen LogP contribution >= 0.6 is 0 Å². The van der Waals surface area contributed by atoms with Gasteiger partial charge in [0.2, 0.25) is 0 Å². The minimum Gasteiger partial charge on any atom is -0.465 e. The third kappa shape index (κ3) is 3.94. The van der Waals surface area contributed by atoms with Crippen molar-refractivity contribution in [3.8, 4) is 0 Å². The molecule has 0 unspecified atom stereocenters. The summed E-state index contributed by atoms with van der Waals surface area (Å²) in [5.74, 6) is -0.784. The second-order valence-electron chi connectivity index (χ2n) is 5.76. The van der Waals surface area contributed by atoms with E-state index in [1.54, 1.807) is 36.0 Å². The molecular formula is C19H18N4O3. The molecule has 0 aliphatic carbocycles. The van der Waals surface area contributed by atoms with Crippen LogP contribution in [0.1, 0.15) is 32.0 Å². The molecule has 0 fully saturated rings. The number of aromatic nitrogens is 3. The van der Waals surface area contributed by atoms with Gasteiger partial charge in [-0.2, -0.15) is 0 Å². The molecule has 26 heavy (non-hydrogen) atoms. The van der Waals surface area contributed by atoms with E-state index < -0.39 is 5.97 Å². The maximum atomic E-state index is 12.4. The Morgan fingerprint density at radius 3 is 2.62 bits per heavy atom. The first kappa shape index (κ1) is 17.3. The Bertz CT molecular complexity index is 935. The summed E-state index contributed by atoms with van der Waals surface area (Å²) in [6.45, 7) is 2.34. The molecule has 0 aliphatic rings. The van der Waals surface area contributed by atoms with Crippen molar-refractivity contribution in [1.29, 1.82) is 0 Å². The molecule has 0 saturated heterocycles. The molecule has 132 valence electrons. The van der Waals surface area contributed by atoms with Gasteiger partial charge in [-0.3, -0.25) is 4.79 Å². The van der Waals surface area contributed by atoms with Crippen LogP contribution in [0.15, 0.2) is 54.7 Å². The molecule has 0 radical (unpaired) electrons. The topological polar surface area (TPSA) is 86.1 Å². The Labute approximate surface area is 150 Å². The van der Waals surface area contributed by atoms with Gasteiger partial charge in [-0.25, -0.2) is 9.48 Å². The van der Waals surface area contributed by atoms with Gasteiger partial charge in [0.25, 0.3) is 5.91 Å². The molecule has 1 amide bonds. The van der Waals surface area contributed by atoms with E-state index in [0.29, 0.717) is 17.8 Å². The number of methoxy groups -OCH3 is 1. The number of carbonyl (C=O) groups excluding carboxylic acids is 2. The standard InChI is InChI=1S/C19H18N4O3/c1-13-10-15(19(25)26-2)8-9-16(13)20-18(24)17-12-23(22-21-17)11-14-6-4-3-5-7-14/h3-10,12H,11H2,1-2H3,(H,20,24). The molecule has 7 nitrogen and oxygen atoms in total. The number of hydrogen-bond acceptors (Lipinski definition) is 5. The molecule has 1 heterocycles. The second kappa shape index (κ2) is 7.60. The van der Waals surface area contributed by atoms with Crippen molar-refractivity contribution >= 4 is 17.6 Å². The average molecular weight is 350 g/mol. The number of nitrogens with one attached hydrogen (secondary N) is 1. The fraction of sp³-hybridized carbons (Fsp3) is 0.158. The molecule has 2 aromatic carbocycles. The monoisotopic (exact) mass is 350 g/mol. The number of anilines is 1. The Hall–Kier alpha value is -3.48. The fourth-order valence-corrected chi connectivity index (χ4v) is 2.49. The predicted molar refractivity (Wildman–Crippen MR) is 96.0 cm³/mol. The zero-order chi connectivity index (χ0) is 18.5. The van der Waals surface area contributed by atoms with Crippen molar-refractivity contribution in [1.82, 2.24) is 15.0 Å². The highest BCUT2D eigenvalue weighted by atomic mass is 16.5. The van der Waals surface area contributed by atoms with Crippen LogP contribution in [0.25, 0.3) is 0 Å². The van der Waals surface area contributed by atoms with E-state index in [9.17, 15) is 9.59 Å². The lowest BCUT2D eigenvalue weighted by Crippen LogP contribution is -2.14. The van der Waals surface area contributed by atoms with Gasteiger partial charge in [0.1, 0.15) is 0 Å². The van der Waals surface area contributed by atoms with Crippen LogP contribution in [0.3, 0.4) is 0 Å². The van der Waals surface area contributed by atoms with Crippen LogP contribution < -0.4 is 5.32 Å². The summed E-state index contributed by atoms with van der Waals surface area (Å²) in [7, 11) is 1.33. The Morgan fingerprint density at radius 2 is 1.92 bits per heavy atom. The summed E-state index contributed by atoms with van der Waals surface area (Å²) < 4.78 is 6.29. The Kier molecular flexibility index (Phi) is 5.07. The van der Waals surface area contributed by atoms with E-state index in [4.69, 9.17) is 0 Å². The highest BCUT2D eigenvalue weighted by molar-refractivity contribution is 6.03. The van der Waals surface area contributed by atoms with E-state index in [-0.39, 0.29) is 11.6 Å². The van der Waals surface area contributed by atoms with Crippen molar-refractivity contribution < 1.29 is 14.3 Å². The summed E-state index contributed by atoms with van der Waals surface area (Å²) in [4.78, 5) is 23.9. The van der Waals surface area contributed by atoms with E-state index in [1.807, 2.05) is 30.3 Å². The molecule has 0 saturated carbocycles. The Morgan fingerprint density at radius 1 is 1.15 bits per heavy atom. The zero-order valence-electron chi connectivity index (χ0n) is 14.5. The molecule has 0 atom stereocenters. The van der Waals surface area contributed by atoms with E-state index in [1.165, 1.54) is 7.11 Å². The van der Waals surface area contributed by atoms with Crippen LogP contribution in [0.5, 0.6) is 0 Å². The van der Waals surface area contributed by atoms with Crippen LogP contribution in [0.2, 0.25) is 0 Å².